The molecule has 0 saturated heterocycles. The molecular formula is C10H7BrCl2N2O. The molecule has 0 aliphatic heterocycles. The predicted molar refractivity (Wildman–Crippen MR) is 66.9 cm³/mol. The van der Waals surface area contributed by atoms with Crippen LogP contribution in [0.2, 0.25) is 5.02 Å². The van der Waals surface area contributed by atoms with Gasteiger partial charge in [0, 0.05) is 16.8 Å². The lowest BCUT2D eigenvalue weighted by atomic mass is 10.2. The molecule has 0 aliphatic rings. The zero-order valence-electron chi connectivity index (χ0n) is 8.08. The lowest BCUT2D eigenvalue weighted by Crippen LogP contribution is -1.84. The maximum Gasteiger partial charge on any atom is 0.249 e. The van der Waals surface area contributed by atoms with Crippen LogP contribution in [0.3, 0.4) is 0 Å². The number of rotatable bonds is 3. The van der Waals surface area contributed by atoms with Crippen molar-refractivity contribution in [2.75, 3.05) is 5.88 Å². The topological polar surface area (TPSA) is 38.9 Å². The zero-order chi connectivity index (χ0) is 11.5. The first kappa shape index (κ1) is 11.9. The van der Waals surface area contributed by atoms with Crippen molar-refractivity contribution >= 4 is 39.1 Å². The van der Waals surface area contributed by atoms with E-state index in [1.54, 1.807) is 0 Å². The fourth-order valence-electron chi connectivity index (χ4n) is 1.21. The molecule has 0 spiro atoms. The van der Waals surface area contributed by atoms with Crippen LogP contribution in [0.25, 0.3) is 11.5 Å². The molecule has 0 radical (unpaired) electrons. The van der Waals surface area contributed by atoms with Crippen LogP contribution in [0.1, 0.15) is 5.89 Å². The Bertz CT molecular complexity index is 501. The summed E-state index contributed by atoms with van der Waals surface area (Å²) in [5, 5.41) is 8.36. The van der Waals surface area contributed by atoms with Gasteiger partial charge in [-0.05, 0) is 28.1 Å². The van der Waals surface area contributed by atoms with Crippen LogP contribution in [0.4, 0.5) is 0 Å². The Morgan fingerprint density at radius 2 is 2.12 bits per heavy atom. The highest BCUT2D eigenvalue weighted by Gasteiger charge is 2.13. The molecule has 0 amide bonds. The molecule has 0 atom stereocenters. The van der Waals surface area contributed by atoms with Gasteiger partial charge in [0.25, 0.3) is 0 Å². The molecule has 1 aromatic heterocycles. The highest BCUT2D eigenvalue weighted by Crippen LogP contribution is 2.32. The fraction of sp³-hybridized carbons (Fsp3) is 0.200. The third-order valence-electron chi connectivity index (χ3n) is 1.96. The number of aryl methyl sites for hydroxylation is 1. The van der Waals surface area contributed by atoms with Crippen molar-refractivity contribution in [2.45, 2.75) is 6.42 Å². The predicted octanol–water partition coefficient (Wildman–Crippen LogP) is 3.93. The maximum absolute atomic E-state index is 6.11. The minimum absolute atomic E-state index is 0.409. The minimum Gasteiger partial charge on any atom is -0.421 e. The van der Waals surface area contributed by atoms with Crippen LogP contribution < -0.4 is 0 Å². The second-order valence-corrected chi connectivity index (χ2v) is 4.65. The summed E-state index contributed by atoms with van der Waals surface area (Å²) in [6.45, 7) is 0. The van der Waals surface area contributed by atoms with Crippen molar-refractivity contribution in [3.05, 3.63) is 33.6 Å². The molecule has 0 saturated carbocycles. The van der Waals surface area contributed by atoms with Crippen LogP contribution in [0.15, 0.2) is 27.1 Å². The first-order valence-electron chi connectivity index (χ1n) is 4.55. The third-order valence-corrected chi connectivity index (χ3v) is 3.44. The maximum atomic E-state index is 6.11. The second kappa shape index (κ2) is 5.17. The lowest BCUT2D eigenvalue weighted by molar-refractivity contribution is 0.513. The fourth-order valence-corrected chi connectivity index (χ4v) is 1.95. The summed E-state index contributed by atoms with van der Waals surface area (Å²) < 4.78 is 6.23. The standard InChI is InChI=1S/C10H7BrCl2N2O/c11-7-3-1-2-6(9(7)13)10-15-14-8(16-10)4-5-12/h1-3H,4-5H2. The van der Waals surface area contributed by atoms with Gasteiger partial charge in [0.15, 0.2) is 0 Å². The van der Waals surface area contributed by atoms with Gasteiger partial charge in [-0.1, -0.05) is 17.7 Å². The normalized spacial score (nSPS) is 10.7. The van der Waals surface area contributed by atoms with Gasteiger partial charge in [0.1, 0.15) is 0 Å². The van der Waals surface area contributed by atoms with Crippen LogP contribution in [-0.4, -0.2) is 16.1 Å². The van der Waals surface area contributed by atoms with E-state index in [0.29, 0.717) is 34.7 Å². The molecule has 0 bridgehead atoms. The number of benzene rings is 1. The first-order valence-corrected chi connectivity index (χ1v) is 6.25. The van der Waals surface area contributed by atoms with E-state index in [4.69, 9.17) is 27.6 Å². The molecule has 1 heterocycles. The molecule has 0 unspecified atom stereocenters. The summed E-state index contributed by atoms with van der Waals surface area (Å²) in [4.78, 5) is 0. The van der Waals surface area contributed by atoms with Gasteiger partial charge >= 0.3 is 0 Å². The Morgan fingerprint density at radius 1 is 1.31 bits per heavy atom. The Morgan fingerprint density at radius 3 is 2.88 bits per heavy atom. The molecule has 3 nitrogen and oxygen atoms in total. The van der Waals surface area contributed by atoms with Crippen molar-refractivity contribution in [2.24, 2.45) is 0 Å². The van der Waals surface area contributed by atoms with Crippen molar-refractivity contribution in [3.8, 4) is 11.5 Å². The highest BCUT2D eigenvalue weighted by atomic mass is 79.9. The van der Waals surface area contributed by atoms with E-state index in [1.807, 2.05) is 18.2 Å². The first-order chi connectivity index (χ1) is 7.72. The van der Waals surface area contributed by atoms with Gasteiger partial charge in [-0.2, -0.15) is 0 Å². The van der Waals surface area contributed by atoms with Crippen LogP contribution in [-0.2, 0) is 6.42 Å². The molecule has 2 aromatic rings. The van der Waals surface area contributed by atoms with E-state index in [2.05, 4.69) is 26.1 Å². The number of alkyl halides is 1. The Balaban J connectivity index is 2.39. The van der Waals surface area contributed by atoms with Gasteiger partial charge in [0.2, 0.25) is 11.8 Å². The zero-order valence-corrected chi connectivity index (χ0v) is 11.2. The van der Waals surface area contributed by atoms with Gasteiger partial charge in [-0.15, -0.1) is 21.8 Å². The van der Waals surface area contributed by atoms with Crippen LogP contribution in [0, 0.1) is 0 Å². The smallest absolute Gasteiger partial charge is 0.249 e. The van der Waals surface area contributed by atoms with E-state index in [1.165, 1.54) is 0 Å². The van der Waals surface area contributed by atoms with Crippen LogP contribution >= 0.6 is 39.1 Å². The number of halogens is 3. The summed E-state index contributed by atoms with van der Waals surface area (Å²) in [7, 11) is 0. The Kier molecular flexibility index (Phi) is 3.84. The average Bonchev–Trinajstić information content (AvgIpc) is 2.71. The third kappa shape index (κ3) is 2.39. The van der Waals surface area contributed by atoms with E-state index in [0.717, 1.165) is 4.47 Å². The monoisotopic (exact) mass is 320 g/mol. The Hall–Kier alpha value is -0.580. The number of hydrogen-bond donors (Lipinski definition) is 0. The van der Waals surface area contributed by atoms with Gasteiger partial charge in [-0.3, -0.25) is 0 Å². The van der Waals surface area contributed by atoms with E-state index >= 15 is 0 Å². The second-order valence-electron chi connectivity index (χ2n) is 3.04. The molecule has 0 fully saturated rings. The SMILES string of the molecule is ClCCc1nnc(-c2cccc(Br)c2Cl)o1. The molecule has 6 heteroatoms. The summed E-state index contributed by atoms with van der Waals surface area (Å²) in [5.41, 5.74) is 0.712. The van der Waals surface area contributed by atoms with Crippen LogP contribution in [0.5, 0.6) is 0 Å². The van der Waals surface area contributed by atoms with Crippen molar-refractivity contribution < 1.29 is 4.42 Å². The largest absolute Gasteiger partial charge is 0.421 e. The van der Waals surface area contributed by atoms with Crippen molar-refractivity contribution in [1.29, 1.82) is 0 Å². The van der Waals surface area contributed by atoms with Crippen molar-refractivity contribution in [1.82, 2.24) is 10.2 Å². The molecule has 0 N–H and O–H groups in total. The van der Waals surface area contributed by atoms with E-state index < -0.39 is 0 Å². The summed E-state index contributed by atoms with van der Waals surface area (Å²) in [5.74, 6) is 1.38. The summed E-state index contributed by atoms with van der Waals surface area (Å²) in [6.07, 6.45) is 0.556. The Labute approximate surface area is 111 Å². The lowest BCUT2D eigenvalue weighted by Gasteiger charge is -2.00. The molecule has 0 aliphatic carbocycles. The molecular weight excluding hydrogens is 315 g/mol. The molecule has 16 heavy (non-hydrogen) atoms. The van der Waals surface area contributed by atoms with Gasteiger partial charge in [0.05, 0.1) is 10.6 Å². The quantitative estimate of drug-likeness (QED) is 0.804. The van der Waals surface area contributed by atoms with Gasteiger partial charge < -0.3 is 4.42 Å². The van der Waals surface area contributed by atoms with E-state index in [9.17, 15) is 0 Å². The number of hydrogen-bond acceptors (Lipinski definition) is 3. The molecule has 1 aromatic carbocycles. The molecule has 84 valence electrons. The summed E-state index contributed by atoms with van der Waals surface area (Å²) in [6, 6.07) is 5.53. The average molecular weight is 322 g/mol. The van der Waals surface area contributed by atoms with Gasteiger partial charge in [-0.25, -0.2) is 0 Å². The minimum atomic E-state index is 0.409. The summed E-state index contributed by atoms with van der Waals surface area (Å²) >= 11 is 15.0. The van der Waals surface area contributed by atoms with E-state index in [-0.39, 0.29) is 0 Å². The highest BCUT2D eigenvalue weighted by molar-refractivity contribution is 9.10. The van der Waals surface area contributed by atoms with Crippen molar-refractivity contribution in [3.63, 3.8) is 0 Å². The number of aromatic nitrogens is 2. The number of nitrogens with zero attached hydrogens (tertiary/aromatic N) is 2. The molecule has 2 rings (SSSR count).